The van der Waals surface area contributed by atoms with Crippen LogP contribution in [-0.2, 0) is 11.2 Å². The number of nitro benzene ring substituents is 1. The van der Waals surface area contributed by atoms with E-state index in [1.54, 1.807) is 18.2 Å². The Morgan fingerprint density at radius 2 is 2.05 bits per heavy atom. The second-order valence-electron chi connectivity index (χ2n) is 5.05. The molecule has 108 valence electrons. The first-order chi connectivity index (χ1) is 9.58. The minimum atomic E-state index is -0.804. The van der Waals surface area contributed by atoms with E-state index in [4.69, 9.17) is 5.11 Å². The number of para-hydroxylation sites is 1. The average molecular weight is 278 g/mol. The number of nitro groups is 1. The summed E-state index contributed by atoms with van der Waals surface area (Å²) in [5.74, 6) is -0.804. The van der Waals surface area contributed by atoms with Gasteiger partial charge in [-0.15, -0.1) is 0 Å². The molecule has 0 spiro atoms. The maximum absolute atomic E-state index is 10.9. The topological polar surface area (TPSA) is 83.7 Å². The highest BCUT2D eigenvalue weighted by Crippen LogP contribution is 2.27. The Hall–Kier alpha value is -1.95. The van der Waals surface area contributed by atoms with E-state index in [-0.39, 0.29) is 17.0 Å². The maximum atomic E-state index is 10.9. The van der Waals surface area contributed by atoms with Crippen molar-refractivity contribution in [1.29, 1.82) is 0 Å². The lowest BCUT2D eigenvalue weighted by molar-refractivity contribution is -0.385. The van der Waals surface area contributed by atoms with E-state index in [0.717, 1.165) is 12.8 Å². The van der Waals surface area contributed by atoms with E-state index in [2.05, 4.69) is 4.90 Å². The van der Waals surface area contributed by atoms with E-state index in [1.165, 1.54) is 6.07 Å². The van der Waals surface area contributed by atoms with Crippen molar-refractivity contribution >= 4 is 11.7 Å². The molecule has 1 aliphatic carbocycles. The van der Waals surface area contributed by atoms with Crippen molar-refractivity contribution in [3.8, 4) is 0 Å². The average Bonchev–Trinajstić information content (AvgIpc) is 3.23. The molecule has 0 aromatic heterocycles. The molecule has 0 bridgehead atoms. The van der Waals surface area contributed by atoms with Gasteiger partial charge in [0, 0.05) is 30.8 Å². The first kappa shape index (κ1) is 14.5. The molecule has 1 N–H and O–H groups in total. The normalized spacial score (nSPS) is 14.4. The predicted octanol–water partition coefficient (Wildman–Crippen LogP) is 2.08. The van der Waals surface area contributed by atoms with Gasteiger partial charge in [0.15, 0.2) is 0 Å². The Labute approximate surface area is 117 Å². The van der Waals surface area contributed by atoms with Crippen molar-refractivity contribution in [2.45, 2.75) is 31.7 Å². The molecule has 1 aliphatic rings. The monoisotopic (exact) mass is 278 g/mol. The zero-order chi connectivity index (χ0) is 14.5. The van der Waals surface area contributed by atoms with Gasteiger partial charge in [0.05, 0.1) is 11.3 Å². The van der Waals surface area contributed by atoms with E-state index in [0.29, 0.717) is 31.1 Å². The molecular formula is C14H18N2O4. The number of hydrogen-bond donors (Lipinski definition) is 1. The number of benzene rings is 1. The van der Waals surface area contributed by atoms with Crippen molar-refractivity contribution in [2.75, 3.05) is 13.1 Å². The molecule has 0 amide bonds. The van der Waals surface area contributed by atoms with E-state index >= 15 is 0 Å². The Balaban J connectivity index is 1.95. The molecular weight excluding hydrogens is 260 g/mol. The third-order valence-corrected chi connectivity index (χ3v) is 3.53. The van der Waals surface area contributed by atoms with Gasteiger partial charge < -0.3 is 5.11 Å². The summed E-state index contributed by atoms with van der Waals surface area (Å²) >= 11 is 0. The highest BCUT2D eigenvalue weighted by atomic mass is 16.6. The Morgan fingerprint density at radius 3 is 2.65 bits per heavy atom. The van der Waals surface area contributed by atoms with Crippen LogP contribution in [0.15, 0.2) is 24.3 Å². The van der Waals surface area contributed by atoms with Crippen molar-refractivity contribution in [1.82, 2.24) is 4.90 Å². The molecule has 1 saturated carbocycles. The van der Waals surface area contributed by atoms with Crippen LogP contribution in [0.5, 0.6) is 0 Å². The summed E-state index contributed by atoms with van der Waals surface area (Å²) in [6, 6.07) is 7.18. The Kier molecular flexibility index (Phi) is 4.68. The zero-order valence-corrected chi connectivity index (χ0v) is 11.2. The molecule has 0 unspecified atom stereocenters. The molecule has 1 aromatic carbocycles. The quantitative estimate of drug-likeness (QED) is 0.581. The molecule has 6 heteroatoms. The van der Waals surface area contributed by atoms with Gasteiger partial charge in [0.1, 0.15) is 0 Å². The second kappa shape index (κ2) is 6.47. The number of nitrogens with zero attached hydrogens (tertiary/aromatic N) is 2. The van der Waals surface area contributed by atoms with Crippen molar-refractivity contribution in [2.24, 2.45) is 0 Å². The lowest BCUT2D eigenvalue weighted by Crippen LogP contribution is -2.30. The van der Waals surface area contributed by atoms with E-state index in [1.807, 2.05) is 0 Å². The fraction of sp³-hybridized carbons (Fsp3) is 0.500. The number of carbonyl (C=O) groups is 1. The van der Waals surface area contributed by atoms with Crippen LogP contribution in [0, 0.1) is 10.1 Å². The van der Waals surface area contributed by atoms with Crippen LogP contribution in [0.25, 0.3) is 0 Å². The standard InChI is InChI=1S/C14H18N2O4/c17-14(18)8-10-15(12-5-6-12)9-7-11-3-1-2-4-13(11)16(19)20/h1-4,12H,5-10H2,(H,17,18). The van der Waals surface area contributed by atoms with Crippen molar-refractivity contribution in [3.63, 3.8) is 0 Å². The van der Waals surface area contributed by atoms with Crippen LogP contribution >= 0.6 is 0 Å². The fourth-order valence-electron chi connectivity index (χ4n) is 2.32. The van der Waals surface area contributed by atoms with Gasteiger partial charge in [-0.1, -0.05) is 18.2 Å². The molecule has 0 heterocycles. The molecule has 1 aromatic rings. The minimum absolute atomic E-state index is 0.118. The van der Waals surface area contributed by atoms with Crippen LogP contribution in [0.2, 0.25) is 0 Å². The number of rotatable bonds is 8. The van der Waals surface area contributed by atoms with Crippen LogP contribution in [0.1, 0.15) is 24.8 Å². The third kappa shape index (κ3) is 4.03. The van der Waals surface area contributed by atoms with Crippen LogP contribution in [-0.4, -0.2) is 40.0 Å². The van der Waals surface area contributed by atoms with E-state index in [9.17, 15) is 14.9 Å². The number of carboxylic acids is 1. The van der Waals surface area contributed by atoms with Gasteiger partial charge in [-0.3, -0.25) is 19.8 Å². The summed E-state index contributed by atoms with van der Waals surface area (Å²) in [6.07, 6.45) is 2.88. The number of carboxylic acid groups (broad SMARTS) is 1. The van der Waals surface area contributed by atoms with Gasteiger partial charge in [0.25, 0.3) is 5.69 Å². The molecule has 0 radical (unpaired) electrons. The van der Waals surface area contributed by atoms with Gasteiger partial charge in [-0.05, 0) is 19.3 Å². The minimum Gasteiger partial charge on any atom is -0.481 e. The zero-order valence-electron chi connectivity index (χ0n) is 11.2. The smallest absolute Gasteiger partial charge is 0.304 e. The molecule has 0 aliphatic heterocycles. The first-order valence-electron chi connectivity index (χ1n) is 6.76. The Morgan fingerprint density at radius 1 is 1.35 bits per heavy atom. The maximum Gasteiger partial charge on any atom is 0.304 e. The second-order valence-corrected chi connectivity index (χ2v) is 5.05. The molecule has 6 nitrogen and oxygen atoms in total. The predicted molar refractivity (Wildman–Crippen MR) is 73.6 cm³/mol. The number of hydrogen-bond acceptors (Lipinski definition) is 4. The van der Waals surface area contributed by atoms with Crippen molar-refractivity contribution < 1.29 is 14.8 Å². The van der Waals surface area contributed by atoms with Crippen LogP contribution < -0.4 is 0 Å². The summed E-state index contributed by atoms with van der Waals surface area (Å²) in [5, 5.41) is 19.7. The first-order valence-corrected chi connectivity index (χ1v) is 6.76. The van der Waals surface area contributed by atoms with Gasteiger partial charge in [-0.2, -0.15) is 0 Å². The fourth-order valence-corrected chi connectivity index (χ4v) is 2.32. The molecule has 0 saturated heterocycles. The van der Waals surface area contributed by atoms with Crippen molar-refractivity contribution in [3.05, 3.63) is 39.9 Å². The molecule has 20 heavy (non-hydrogen) atoms. The SMILES string of the molecule is O=C(O)CCN(CCc1ccccc1[N+](=O)[O-])C1CC1. The summed E-state index contributed by atoms with van der Waals surface area (Å²) in [4.78, 5) is 23.4. The highest BCUT2D eigenvalue weighted by Gasteiger charge is 2.29. The summed E-state index contributed by atoms with van der Waals surface area (Å²) in [7, 11) is 0. The summed E-state index contributed by atoms with van der Waals surface area (Å²) in [6.45, 7) is 1.18. The van der Waals surface area contributed by atoms with Crippen LogP contribution in [0.4, 0.5) is 5.69 Å². The van der Waals surface area contributed by atoms with Gasteiger partial charge >= 0.3 is 5.97 Å². The Bertz CT molecular complexity index is 500. The largest absolute Gasteiger partial charge is 0.481 e. The van der Waals surface area contributed by atoms with Crippen LogP contribution in [0.3, 0.4) is 0 Å². The van der Waals surface area contributed by atoms with Gasteiger partial charge in [0.2, 0.25) is 0 Å². The molecule has 0 atom stereocenters. The van der Waals surface area contributed by atoms with Gasteiger partial charge in [-0.25, -0.2) is 0 Å². The lowest BCUT2D eigenvalue weighted by atomic mass is 10.1. The number of aliphatic carboxylic acids is 1. The molecule has 2 rings (SSSR count). The summed E-state index contributed by atoms with van der Waals surface area (Å²) < 4.78 is 0. The lowest BCUT2D eigenvalue weighted by Gasteiger charge is -2.20. The third-order valence-electron chi connectivity index (χ3n) is 3.53. The summed E-state index contributed by atoms with van der Waals surface area (Å²) in [5.41, 5.74) is 0.847. The highest BCUT2D eigenvalue weighted by molar-refractivity contribution is 5.66. The molecule has 1 fully saturated rings. The van der Waals surface area contributed by atoms with E-state index < -0.39 is 5.97 Å².